The minimum atomic E-state index is 0.478. The van der Waals surface area contributed by atoms with E-state index >= 15 is 0 Å². The first-order valence-electron chi connectivity index (χ1n) is 8.90. The van der Waals surface area contributed by atoms with Crippen LogP contribution in [0.2, 0.25) is 0 Å². The number of nitrogens with zero attached hydrogens (tertiary/aromatic N) is 5. The van der Waals surface area contributed by atoms with Crippen molar-refractivity contribution in [3.05, 3.63) is 57.3 Å². The van der Waals surface area contributed by atoms with E-state index in [-0.39, 0.29) is 0 Å². The van der Waals surface area contributed by atoms with Crippen molar-refractivity contribution < 1.29 is 4.74 Å². The molecule has 27 heavy (non-hydrogen) atoms. The van der Waals surface area contributed by atoms with Gasteiger partial charge in [-0.25, -0.2) is 9.67 Å². The molecule has 1 aliphatic carbocycles. The van der Waals surface area contributed by atoms with Crippen molar-refractivity contribution in [2.24, 2.45) is 0 Å². The summed E-state index contributed by atoms with van der Waals surface area (Å²) < 4.78 is 8.89. The lowest BCUT2D eigenvalue weighted by atomic mass is 10.0. The molecule has 0 aliphatic heterocycles. The van der Waals surface area contributed by atoms with Crippen LogP contribution in [-0.2, 0) is 0 Å². The molecule has 3 aromatic rings. The highest BCUT2D eigenvalue weighted by atomic mass is 127. The SMILES string of the molecule is Cc1nc(Oc2cc(C#N)ccc2-n2cc(I)cn2)cc(C2CCCC2)n1. The Labute approximate surface area is 171 Å². The Hall–Kier alpha value is -2.47. The number of halogens is 1. The third kappa shape index (κ3) is 3.95. The Balaban J connectivity index is 1.72. The van der Waals surface area contributed by atoms with E-state index in [1.54, 1.807) is 23.0 Å². The molecule has 1 aromatic carbocycles. The maximum Gasteiger partial charge on any atom is 0.222 e. The number of benzene rings is 1. The fourth-order valence-electron chi connectivity index (χ4n) is 3.45. The molecule has 0 radical (unpaired) electrons. The summed E-state index contributed by atoms with van der Waals surface area (Å²) in [5.74, 6) is 2.22. The average Bonchev–Trinajstić information content (AvgIpc) is 3.33. The molecular weight excluding hydrogens is 453 g/mol. The lowest BCUT2D eigenvalue weighted by Gasteiger charge is -2.14. The number of hydrogen-bond acceptors (Lipinski definition) is 5. The topological polar surface area (TPSA) is 76.6 Å². The largest absolute Gasteiger partial charge is 0.437 e. The number of ether oxygens (including phenoxy) is 1. The van der Waals surface area contributed by atoms with E-state index in [0.717, 1.165) is 27.8 Å². The van der Waals surface area contributed by atoms with Crippen LogP contribution in [0.25, 0.3) is 5.69 Å². The zero-order chi connectivity index (χ0) is 18.8. The Morgan fingerprint density at radius 2 is 2.04 bits per heavy atom. The average molecular weight is 471 g/mol. The molecule has 7 heteroatoms. The van der Waals surface area contributed by atoms with Gasteiger partial charge in [-0.05, 0) is 54.5 Å². The first-order valence-corrected chi connectivity index (χ1v) is 9.98. The van der Waals surface area contributed by atoms with Crippen LogP contribution in [0.15, 0.2) is 36.7 Å². The second-order valence-corrected chi connectivity index (χ2v) is 7.90. The van der Waals surface area contributed by atoms with Gasteiger partial charge in [-0.2, -0.15) is 15.3 Å². The first-order chi connectivity index (χ1) is 13.1. The summed E-state index contributed by atoms with van der Waals surface area (Å²) in [6.45, 7) is 1.88. The van der Waals surface area contributed by atoms with Crippen LogP contribution >= 0.6 is 22.6 Å². The second-order valence-electron chi connectivity index (χ2n) is 6.66. The molecule has 0 bridgehead atoms. The number of aryl methyl sites for hydroxylation is 1. The van der Waals surface area contributed by atoms with Gasteiger partial charge < -0.3 is 4.74 Å². The molecule has 0 atom stereocenters. The van der Waals surface area contributed by atoms with Gasteiger partial charge in [-0.1, -0.05) is 12.8 Å². The summed E-state index contributed by atoms with van der Waals surface area (Å²) in [6, 6.07) is 9.40. The summed E-state index contributed by atoms with van der Waals surface area (Å²) in [7, 11) is 0. The van der Waals surface area contributed by atoms with E-state index < -0.39 is 0 Å². The zero-order valence-electron chi connectivity index (χ0n) is 14.9. The van der Waals surface area contributed by atoms with Crippen LogP contribution in [0.1, 0.15) is 48.7 Å². The predicted molar refractivity (Wildman–Crippen MR) is 109 cm³/mol. The maximum absolute atomic E-state index is 9.27. The quantitative estimate of drug-likeness (QED) is 0.507. The van der Waals surface area contributed by atoms with Gasteiger partial charge in [0.1, 0.15) is 11.5 Å². The van der Waals surface area contributed by atoms with E-state index in [1.165, 1.54) is 12.8 Å². The van der Waals surface area contributed by atoms with Crippen molar-refractivity contribution in [3.8, 4) is 23.4 Å². The monoisotopic (exact) mass is 471 g/mol. The Morgan fingerprint density at radius 3 is 2.74 bits per heavy atom. The van der Waals surface area contributed by atoms with Crippen LogP contribution in [0.3, 0.4) is 0 Å². The lowest BCUT2D eigenvalue weighted by Crippen LogP contribution is -2.03. The number of nitriles is 1. The Morgan fingerprint density at radius 1 is 1.22 bits per heavy atom. The van der Waals surface area contributed by atoms with Crippen LogP contribution in [-0.4, -0.2) is 19.7 Å². The highest BCUT2D eigenvalue weighted by Gasteiger charge is 2.20. The second kappa shape index (κ2) is 7.64. The van der Waals surface area contributed by atoms with Crippen molar-refractivity contribution in [1.82, 2.24) is 19.7 Å². The van der Waals surface area contributed by atoms with Crippen LogP contribution < -0.4 is 4.74 Å². The van der Waals surface area contributed by atoms with E-state index in [2.05, 4.69) is 43.7 Å². The lowest BCUT2D eigenvalue weighted by molar-refractivity contribution is 0.453. The van der Waals surface area contributed by atoms with Gasteiger partial charge >= 0.3 is 0 Å². The Kier molecular flexibility index (Phi) is 5.07. The zero-order valence-corrected chi connectivity index (χ0v) is 17.0. The van der Waals surface area contributed by atoms with E-state index in [1.807, 2.05) is 25.3 Å². The van der Waals surface area contributed by atoms with Crippen LogP contribution in [0.4, 0.5) is 0 Å². The highest BCUT2D eigenvalue weighted by Crippen LogP contribution is 2.35. The van der Waals surface area contributed by atoms with Gasteiger partial charge in [0.15, 0.2) is 5.75 Å². The smallest absolute Gasteiger partial charge is 0.222 e. The minimum Gasteiger partial charge on any atom is -0.437 e. The molecule has 1 fully saturated rings. The summed E-state index contributed by atoms with van der Waals surface area (Å²) in [5.41, 5.74) is 2.33. The van der Waals surface area contributed by atoms with E-state index in [0.29, 0.717) is 28.9 Å². The van der Waals surface area contributed by atoms with Crippen molar-refractivity contribution in [3.63, 3.8) is 0 Å². The molecule has 2 aromatic heterocycles. The molecule has 6 nitrogen and oxygen atoms in total. The van der Waals surface area contributed by atoms with E-state index in [9.17, 15) is 5.26 Å². The van der Waals surface area contributed by atoms with Crippen LogP contribution in [0, 0.1) is 21.8 Å². The fraction of sp³-hybridized carbons (Fsp3) is 0.300. The number of hydrogen-bond donors (Lipinski definition) is 0. The number of rotatable bonds is 4. The third-order valence-electron chi connectivity index (χ3n) is 4.71. The highest BCUT2D eigenvalue weighted by molar-refractivity contribution is 14.1. The molecule has 0 spiro atoms. The normalized spacial score (nSPS) is 14.3. The molecule has 0 saturated heterocycles. The van der Waals surface area contributed by atoms with Gasteiger partial charge in [0.25, 0.3) is 0 Å². The maximum atomic E-state index is 9.27. The molecule has 0 unspecified atom stereocenters. The molecule has 1 aliphatic rings. The molecule has 2 heterocycles. The predicted octanol–water partition coefficient (Wildman–Crippen LogP) is 4.90. The first kappa shape index (κ1) is 17.9. The van der Waals surface area contributed by atoms with Crippen molar-refractivity contribution in [1.29, 1.82) is 5.26 Å². The van der Waals surface area contributed by atoms with Gasteiger partial charge in [-0.3, -0.25) is 0 Å². The van der Waals surface area contributed by atoms with Crippen molar-refractivity contribution in [2.45, 2.75) is 38.5 Å². The summed E-state index contributed by atoms with van der Waals surface area (Å²) in [4.78, 5) is 9.06. The van der Waals surface area contributed by atoms with Crippen LogP contribution in [0.5, 0.6) is 11.6 Å². The molecule has 136 valence electrons. The third-order valence-corrected chi connectivity index (χ3v) is 5.27. The number of aromatic nitrogens is 4. The van der Waals surface area contributed by atoms with Gasteiger partial charge in [-0.15, -0.1) is 0 Å². The molecule has 1 saturated carbocycles. The summed E-state index contributed by atoms with van der Waals surface area (Å²) in [6.07, 6.45) is 8.50. The Bertz CT molecular complexity index is 1020. The van der Waals surface area contributed by atoms with Gasteiger partial charge in [0, 0.05) is 24.2 Å². The van der Waals surface area contributed by atoms with E-state index in [4.69, 9.17) is 4.74 Å². The summed E-state index contributed by atoms with van der Waals surface area (Å²) in [5, 5.41) is 13.6. The van der Waals surface area contributed by atoms with Gasteiger partial charge in [0.2, 0.25) is 5.88 Å². The minimum absolute atomic E-state index is 0.478. The van der Waals surface area contributed by atoms with Gasteiger partial charge in [0.05, 0.1) is 27.1 Å². The van der Waals surface area contributed by atoms with Crippen molar-refractivity contribution in [2.75, 3.05) is 0 Å². The fourth-order valence-corrected chi connectivity index (χ4v) is 3.83. The standard InChI is InChI=1S/C20H18IN5O/c1-13-24-17(15-4-2-3-5-15)9-20(25-13)27-19-8-14(10-22)6-7-18(19)26-12-16(21)11-23-26/h6-9,11-12,15H,2-5H2,1H3. The molecule has 4 rings (SSSR count). The summed E-state index contributed by atoms with van der Waals surface area (Å²) >= 11 is 2.21. The van der Waals surface area contributed by atoms with Crippen molar-refractivity contribution >= 4 is 22.6 Å². The molecular formula is C20H18IN5O. The molecule has 0 amide bonds. The molecule has 0 N–H and O–H groups in total.